The molecule has 0 atom stereocenters. The number of aliphatic carboxylic acids is 1. The van der Waals surface area contributed by atoms with E-state index in [1.54, 1.807) is 12.1 Å². The number of aryl methyl sites for hydroxylation is 1. The van der Waals surface area contributed by atoms with Crippen molar-refractivity contribution in [3.63, 3.8) is 0 Å². The summed E-state index contributed by atoms with van der Waals surface area (Å²) in [6.07, 6.45) is 0. The maximum Gasteiger partial charge on any atom is 0.322 e. The van der Waals surface area contributed by atoms with Gasteiger partial charge in [0.15, 0.2) is 6.61 Å². The highest BCUT2D eigenvalue weighted by atomic mass is 16.5. The number of rotatable bonds is 6. The molecule has 0 unspecified atom stereocenters. The van der Waals surface area contributed by atoms with Crippen molar-refractivity contribution in [2.75, 3.05) is 13.2 Å². The molecule has 0 radical (unpaired) electrons. The van der Waals surface area contributed by atoms with Gasteiger partial charge in [-0.15, -0.1) is 0 Å². The van der Waals surface area contributed by atoms with E-state index in [0.29, 0.717) is 5.75 Å². The fraction of sp³-hybridized carbons (Fsp3) is 0.176. The van der Waals surface area contributed by atoms with Gasteiger partial charge in [-0.25, -0.2) is 0 Å². The first-order valence-electron chi connectivity index (χ1n) is 6.83. The van der Waals surface area contributed by atoms with E-state index in [9.17, 15) is 9.59 Å². The van der Waals surface area contributed by atoms with E-state index in [0.717, 1.165) is 11.1 Å². The molecule has 5 nitrogen and oxygen atoms in total. The number of nitrogens with one attached hydrogen (secondary N) is 1. The third kappa shape index (κ3) is 4.63. The number of hydrogen-bond donors (Lipinski definition) is 2. The summed E-state index contributed by atoms with van der Waals surface area (Å²) in [7, 11) is 0. The topological polar surface area (TPSA) is 75.6 Å². The molecule has 0 aliphatic carbocycles. The van der Waals surface area contributed by atoms with Crippen molar-refractivity contribution in [2.24, 2.45) is 0 Å². The fourth-order valence-electron chi connectivity index (χ4n) is 1.86. The summed E-state index contributed by atoms with van der Waals surface area (Å²) in [6, 6.07) is 15.6. The van der Waals surface area contributed by atoms with Crippen LogP contribution in [0.15, 0.2) is 48.5 Å². The SMILES string of the molecule is Cc1ccc(-c2ccc(OCC(=O)NCC(=O)O)cc2)cc1. The van der Waals surface area contributed by atoms with Crippen LogP contribution in [0.4, 0.5) is 0 Å². The Morgan fingerprint density at radius 1 is 1.00 bits per heavy atom. The summed E-state index contributed by atoms with van der Waals surface area (Å²) in [5.41, 5.74) is 3.37. The minimum Gasteiger partial charge on any atom is -0.484 e. The maximum absolute atomic E-state index is 11.3. The average Bonchev–Trinajstić information content (AvgIpc) is 2.52. The van der Waals surface area contributed by atoms with Crippen molar-refractivity contribution < 1.29 is 19.4 Å². The van der Waals surface area contributed by atoms with Gasteiger partial charge in [-0.1, -0.05) is 42.0 Å². The minimum absolute atomic E-state index is 0.211. The Kier molecular flexibility index (Phi) is 5.14. The second-order valence-corrected chi connectivity index (χ2v) is 4.85. The van der Waals surface area contributed by atoms with Crippen molar-refractivity contribution in [3.05, 3.63) is 54.1 Å². The van der Waals surface area contributed by atoms with Gasteiger partial charge in [-0.05, 0) is 30.2 Å². The highest BCUT2D eigenvalue weighted by molar-refractivity contribution is 5.82. The maximum atomic E-state index is 11.3. The molecule has 0 heterocycles. The van der Waals surface area contributed by atoms with Gasteiger partial charge in [0.1, 0.15) is 12.3 Å². The van der Waals surface area contributed by atoms with Gasteiger partial charge in [0.2, 0.25) is 0 Å². The van der Waals surface area contributed by atoms with E-state index in [-0.39, 0.29) is 6.61 Å². The average molecular weight is 299 g/mol. The zero-order chi connectivity index (χ0) is 15.9. The van der Waals surface area contributed by atoms with Gasteiger partial charge in [0.25, 0.3) is 5.91 Å². The molecule has 0 aliphatic heterocycles. The molecule has 2 aromatic carbocycles. The molecule has 2 N–H and O–H groups in total. The zero-order valence-electron chi connectivity index (χ0n) is 12.2. The molecule has 5 heteroatoms. The van der Waals surface area contributed by atoms with Crippen LogP contribution < -0.4 is 10.1 Å². The summed E-state index contributed by atoms with van der Waals surface area (Å²) in [4.78, 5) is 21.7. The third-order valence-electron chi connectivity index (χ3n) is 3.05. The highest BCUT2D eigenvalue weighted by Gasteiger charge is 2.05. The number of ether oxygens (including phenoxy) is 1. The first kappa shape index (κ1) is 15.6. The van der Waals surface area contributed by atoms with E-state index < -0.39 is 18.4 Å². The van der Waals surface area contributed by atoms with Gasteiger partial charge in [0, 0.05) is 0 Å². The van der Waals surface area contributed by atoms with E-state index >= 15 is 0 Å². The van der Waals surface area contributed by atoms with E-state index in [2.05, 4.69) is 5.32 Å². The molecule has 1 amide bonds. The van der Waals surface area contributed by atoms with Crippen LogP contribution in [0.1, 0.15) is 5.56 Å². The van der Waals surface area contributed by atoms with E-state index in [1.807, 2.05) is 43.3 Å². The number of carbonyl (C=O) groups excluding carboxylic acids is 1. The molecule has 0 aliphatic rings. The Balaban J connectivity index is 1.90. The zero-order valence-corrected chi connectivity index (χ0v) is 12.2. The van der Waals surface area contributed by atoms with Crippen molar-refractivity contribution in [2.45, 2.75) is 6.92 Å². The number of benzene rings is 2. The number of amides is 1. The van der Waals surface area contributed by atoms with Gasteiger partial charge >= 0.3 is 5.97 Å². The molecule has 22 heavy (non-hydrogen) atoms. The van der Waals surface area contributed by atoms with Gasteiger partial charge < -0.3 is 15.2 Å². The molecule has 0 bridgehead atoms. The Bertz CT molecular complexity index is 647. The second kappa shape index (κ2) is 7.26. The first-order chi connectivity index (χ1) is 10.5. The third-order valence-corrected chi connectivity index (χ3v) is 3.05. The Hall–Kier alpha value is -2.82. The second-order valence-electron chi connectivity index (χ2n) is 4.85. The molecule has 2 aromatic rings. The van der Waals surface area contributed by atoms with Crippen LogP contribution >= 0.6 is 0 Å². The van der Waals surface area contributed by atoms with Crippen molar-refractivity contribution in [3.8, 4) is 16.9 Å². The van der Waals surface area contributed by atoms with Crippen LogP contribution in [-0.4, -0.2) is 30.1 Å². The lowest BCUT2D eigenvalue weighted by Gasteiger charge is -2.07. The lowest BCUT2D eigenvalue weighted by molar-refractivity contribution is -0.138. The molecule has 0 saturated carbocycles. The molecule has 0 aromatic heterocycles. The van der Waals surface area contributed by atoms with Crippen LogP contribution in [0.5, 0.6) is 5.75 Å². The van der Waals surface area contributed by atoms with Crippen LogP contribution in [0.25, 0.3) is 11.1 Å². The predicted molar refractivity (Wildman–Crippen MR) is 82.8 cm³/mol. The van der Waals surface area contributed by atoms with E-state index in [4.69, 9.17) is 9.84 Å². The van der Waals surface area contributed by atoms with Gasteiger partial charge in [0.05, 0.1) is 0 Å². The van der Waals surface area contributed by atoms with Crippen LogP contribution in [0.3, 0.4) is 0 Å². The lowest BCUT2D eigenvalue weighted by atomic mass is 10.0. The number of hydrogen-bond acceptors (Lipinski definition) is 3. The van der Waals surface area contributed by atoms with Crippen molar-refractivity contribution in [1.29, 1.82) is 0 Å². The monoisotopic (exact) mass is 299 g/mol. The van der Waals surface area contributed by atoms with Gasteiger partial charge in [-0.2, -0.15) is 0 Å². The molecule has 0 fully saturated rings. The lowest BCUT2D eigenvalue weighted by Crippen LogP contribution is -2.33. The highest BCUT2D eigenvalue weighted by Crippen LogP contribution is 2.22. The molecular formula is C17H17NO4. The van der Waals surface area contributed by atoms with Gasteiger partial charge in [-0.3, -0.25) is 9.59 Å². The number of carboxylic acid groups (broad SMARTS) is 1. The van der Waals surface area contributed by atoms with Crippen molar-refractivity contribution in [1.82, 2.24) is 5.32 Å². The Morgan fingerprint density at radius 3 is 2.09 bits per heavy atom. The molecule has 114 valence electrons. The first-order valence-corrected chi connectivity index (χ1v) is 6.83. The fourth-order valence-corrected chi connectivity index (χ4v) is 1.86. The summed E-state index contributed by atoms with van der Waals surface area (Å²) in [6.45, 7) is 1.42. The summed E-state index contributed by atoms with van der Waals surface area (Å²) < 4.78 is 5.31. The summed E-state index contributed by atoms with van der Waals surface area (Å²) in [5, 5.41) is 10.7. The number of carboxylic acids is 1. The van der Waals surface area contributed by atoms with E-state index in [1.165, 1.54) is 5.56 Å². The van der Waals surface area contributed by atoms with Crippen molar-refractivity contribution >= 4 is 11.9 Å². The summed E-state index contributed by atoms with van der Waals surface area (Å²) >= 11 is 0. The Morgan fingerprint density at radius 2 is 1.55 bits per heavy atom. The normalized spacial score (nSPS) is 10.0. The quantitative estimate of drug-likeness (QED) is 0.857. The smallest absolute Gasteiger partial charge is 0.322 e. The molecule has 0 spiro atoms. The van der Waals surface area contributed by atoms with Crippen LogP contribution in [0, 0.1) is 6.92 Å². The predicted octanol–water partition coefficient (Wildman–Crippen LogP) is 2.24. The van der Waals surface area contributed by atoms with Crippen LogP contribution in [0.2, 0.25) is 0 Å². The summed E-state index contributed by atoms with van der Waals surface area (Å²) in [5.74, 6) is -0.998. The number of carbonyl (C=O) groups is 2. The standard InChI is InChI=1S/C17H17NO4/c1-12-2-4-13(5-3-12)14-6-8-15(9-7-14)22-11-16(19)18-10-17(20)21/h2-9H,10-11H2,1H3,(H,18,19)(H,20,21). The Labute approximate surface area is 128 Å². The largest absolute Gasteiger partial charge is 0.484 e. The van der Waals surface area contributed by atoms with Crippen LogP contribution in [-0.2, 0) is 9.59 Å². The minimum atomic E-state index is -1.09. The molecule has 0 saturated heterocycles. The molecule has 2 rings (SSSR count). The molecular weight excluding hydrogens is 282 g/mol.